The van der Waals surface area contributed by atoms with Crippen LogP contribution in [0.1, 0.15) is 28.9 Å². The Labute approximate surface area is 145 Å². The molecule has 2 heterocycles. The lowest BCUT2D eigenvalue weighted by molar-refractivity contribution is -0.384. The number of benzene rings is 1. The molecule has 25 heavy (non-hydrogen) atoms. The minimum absolute atomic E-state index is 0.0146. The Balaban J connectivity index is 1.67. The van der Waals surface area contributed by atoms with Gasteiger partial charge in [0.1, 0.15) is 5.69 Å². The Bertz CT molecular complexity index is 758. The van der Waals surface area contributed by atoms with E-state index in [9.17, 15) is 14.9 Å². The van der Waals surface area contributed by atoms with E-state index in [0.29, 0.717) is 24.2 Å². The lowest BCUT2D eigenvalue weighted by Crippen LogP contribution is -2.26. The molecule has 1 aromatic heterocycles. The third kappa shape index (κ3) is 4.12. The summed E-state index contributed by atoms with van der Waals surface area (Å²) in [6.07, 6.45) is 4.39. The predicted octanol–water partition coefficient (Wildman–Crippen LogP) is 2.56. The molecule has 0 radical (unpaired) electrons. The van der Waals surface area contributed by atoms with Crippen LogP contribution in [0.5, 0.6) is 0 Å². The van der Waals surface area contributed by atoms with Gasteiger partial charge in [-0.3, -0.25) is 19.9 Å². The van der Waals surface area contributed by atoms with Crippen LogP contribution in [-0.2, 0) is 6.42 Å². The summed E-state index contributed by atoms with van der Waals surface area (Å²) in [5.74, 6) is -0.313. The number of anilines is 1. The second-order valence-corrected chi connectivity index (χ2v) is 5.98. The highest BCUT2D eigenvalue weighted by Crippen LogP contribution is 2.31. The highest BCUT2D eigenvalue weighted by atomic mass is 16.6. The minimum Gasteiger partial charge on any atom is -0.366 e. The molecule has 1 aliphatic heterocycles. The van der Waals surface area contributed by atoms with Gasteiger partial charge in [-0.15, -0.1) is 0 Å². The van der Waals surface area contributed by atoms with Gasteiger partial charge in [0.2, 0.25) is 0 Å². The number of rotatable bonds is 6. The Morgan fingerprint density at radius 2 is 2.04 bits per heavy atom. The zero-order valence-corrected chi connectivity index (χ0v) is 13.9. The first-order valence-electron chi connectivity index (χ1n) is 8.36. The number of pyridine rings is 1. The van der Waals surface area contributed by atoms with E-state index in [-0.39, 0.29) is 11.6 Å². The molecular formula is C18H20N4O3. The lowest BCUT2D eigenvalue weighted by atomic mass is 10.1. The Hall–Kier alpha value is -2.96. The monoisotopic (exact) mass is 340 g/mol. The van der Waals surface area contributed by atoms with Crippen molar-refractivity contribution in [1.29, 1.82) is 0 Å². The molecule has 1 aliphatic rings. The van der Waals surface area contributed by atoms with Gasteiger partial charge in [0.15, 0.2) is 0 Å². The zero-order chi connectivity index (χ0) is 17.6. The van der Waals surface area contributed by atoms with Gasteiger partial charge in [-0.2, -0.15) is 0 Å². The van der Waals surface area contributed by atoms with E-state index >= 15 is 0 Å². The van der Waals surface area contributed by atoms with Crippen LogP contribution in [0.15, 0.2) is 42.6 Å². The van der Waals surface area contributed by atoms with Crippen molar-refractivity contribution in [1.82, 2.24) is 10.3 Å². The molecular weight excluding hydrogens is 320 g/mol. The fourth-order valence-electron chi connectivity index (χ4n) is 2.99. The van der Waals surface area contributed by atoms with Crippen LogP contribution in [-0.4, -0.2) is 35.4 Å². The molecule has 1 aromatic carbocycles. The molecule has 2 aromatic rings. The maximum atomic E-state index is 12.3. The van der Waals surface area contributed by atoms with E-state index in [0.717, 1.165) is 31.6 Å². The predicted molar refractivity (Wildman–Crippen MR) is 94.8 cm³/mol. The Morgan fingerprint density at radius 3 is 2.72 bits per heavy atom. The molecule has 0 unspecified atom stereocenters. The summed E-state index contributed by atoms with van der Waals surface area (Å²) in [4.78, 5) is 29.4. The summed E-state index contributed by atoms with van der Waals surface area (Å²) in [5, 5.41) is 14.2. The normalized spacial score (nSPS) is 13.7. The van der Waals surface area contributed by atoms with Crippen LogP contribution < -0.4 is 10.2 Å². The van der Waals surface area contributed by atoms with E-state index in [1.807, 2.05) is 23.1 Å². The average Bonchev–Trinajstić information content (AvgIpc) is 3.16. The van der Waals surface area contributed by atoms with E-state index in [1.165, 1.54) is 6.07 Å². The molecule has 3 rings (SSSR count). The maximum Gasteiger partial charge on any atom is 0.293 e. The van der Waals surface area contributed by atoms with Gasteiger partial charge in [-0.1, -0.05) is 6.07 Å². The smallest absolute Gasteiger partial charge is 0.293 e. The molecule has 0 atom stereocenters. The van der Waals surface area contributed by atoms with Crippen molar-refractivity contribution < 1.29 is 9.72 Å². The number of nitro groups is 1. The maximum absolute atomic E-state index is 12.3. The summed E-state index contributed by atoms with van der Waals surface area (Å²) in [6, 6.07) is 10.3. The van der Waals surface area contributed by atoms with Crippen molar-refractivity contribution in [3.63, 3.8) is 0 Å². The van der Waals surface area contributed by atoms with Crippen molar-refractivity contribution >= 4 is 17.3 Å². The quantitative estimate of drug-likeness (QED) is 0.645. The van der Waals surface area contributed by atoms with Crippen LogP contribution in [0.2, 0.25) is 0 Å². The molecule has 1 amide bonds. The number of nitrogens with one attached hydrogen (secondary N) is 1. The Kier molecular flexibility index (Phi) is 5.23. The summed E-state index contributed by atoms with van der Waals surface area (Å²) in [5.41, 5.74) is 1.76. The van der Waals surface area contributed by atoms with Crippen molar-refractivity contribution in [2.24, 2.45) is 0 Å². The fraction of sp³-hybridized carbons (Fsp3) is 0.333. The first-order chi connectivity index (χ1) is 12.1. The first kappa shape index (κ1) is 16.9. The number of nitro benzene ring substituents is 1. The van der Waals surface area contributed by atoms with Crippen molar-refractivity contribution in [3.8, 4) is 0 Å². The van der Waals surface area contributed by atoms with Gasteiger partial charge < -0.3 is 10.2 Å². The van der Waals surface area contributed by atoms with Crippen molar-refractivity contribution in [2.45, 2.75) is 19.3 Å². The molecule has 7 heteroatoms. The molecule has 7 nitrogen and oxygen atoms in total. The molecule has 0 spiro atoms. The molecule has 130 valence electrons. The van der Waals surface area contributed by atoms with Gasteiger partial charge in [-0.05, 0) is 37.1 Å². The van der Waals surface area contributed by atoms with Gasteiger partial charge in [0, 0.05) is 49.6 Å². The number of carbonyl (C=O) groups excluding carboxylic acids is 1. The minimum atomic E-state index is -0.418. The van der Waals surface area contributed by atoms with Crippen LogP contribution in [0.25, 0.3) is 0 Å². The largest absolute Gasteiger partial charge is 0.366 e. The summed E-state index contributed by atoms with van der Waals surface area (Å²) >= 11 is 0. The summed E-state index contributed by atoms with van der Waals surface area (Å²) in [7, 11) is 0. The second kappa shape index (κ2) is 7.74. The number of aromatic nitrogens is 1. The van der Waals surface area contributed by atoms with E-state index in [1.54, 1.807) is 18.3 Å². The van der Waals surface area contributed by atoms with Crippen molar-refractivity contribution in [3.05, 3.63) is 64.0 Å². The number of hydrogen-bond acceptors (Lipinski definition) is 5. The van der Waals surface area contributed by atoms with Gasteiger partial charge in [0.25, 0.3) is 11.6 Å². The molecule has 0 bridgehead atoms. The third-order valence-corrected chi connectivity index (χ3v) is 4.27. The van der Waals surface area contributed by atoms with Crippen LogP contribution in [0.3, 0.4) is 0 Å². The van der Waals surface area contributed by atoms with Gasteiger partial charge >= 0.3 is 0 Å². The highest BCUT2D eigenvalue weighted by molar-refractivity contribution is 5.95. The van der Waals surface area contributed by atoms with Gasteiger partial charge in [-0.25, -0.2) is 0 Å². The summed E-state index contributed by atoms with van der Waals surface area (Å²) in [6.45, 7) is 2.06. The number of nitrogens with zero attached hydrogens (tertiary/aromatic N) is 3. The van der Waals surface area contributed by atoms with Gasteiger partial charge in [0.05, 0.1) is 4.92 Å². The number of hydrogen-bond donors (Lipinski definition) is 1. The molecule has 0 aliphatic carbocycles. The highest BCUT2D eigenvalue weighted by Gasteiger charge is 2.23. The van der Waals surface area contributed by atoms with E-state index < -0.39 is 4.92 Å². The van der Waals surface area contributed by atoms with E-state index in [2.05, 4.69) is 10.3 Å². The second-order valence-electron chi connectivity index (χ2n) is 5.98. The Morgan fingerprint density at radius 1 is 1.24 bits per heavy atom. The zero-order valence-electron chi connectivity index (χ0n) is 13.9. The fourth-order valence-corrected chi connectivity index (χ4v) is 2.99. The SMILES string of the molecule is O=C(NCCc1ccccn1)c1ccc(N2CCCC2)c([N+](=O)[O-])c1. The van der Waals surface area contributed by atoms with Crippen LogP contribution >= 0.6 is 0 Å². The molecule has 0 saturated carbocycles. The average molecular weight is 340 g/mol. The molecule has 1 saturated heterocycles. The van der Waals surface area contributed by atoms with Crippen LogP contribution in [0.4, 0.5) is 11.4 Å². The third-order valence-electron chi connectivity index (χ3n) is 4.27. The lowest BCUT2D eigenvalue weighted by Gasteiger charge is -2.17. The topological polar surface area (TPSA) is 88.4 Å². The van der Waals surface area contributed by atoms with Crippen LogP contribution in [0, 0.1) is 10.1 Å². The van der Waals surface area contributed by atoms with E-state index in [4.69, 9.17) is 0 Å². The number of carbonyl (C=O) groups is 1. The number of amides is 1. The molecule has 1 fully saturated rings. The first-order valence-corrected chi connectivity index (χ1v) is 8.36. The van der Waals surface area contributed by atoms with Crippen molar-refractivity contribution in [2.75, 3.05) is 24.5 Å². The summed E-state index contributed by atoms with van der Waals surface area (Å²) < 4.78 is 0. The standard InChI is InChI=1S/C18H20N4O3/c23-18(20-10-8-15-5-1-2-9-19-15)14-6-7-16(17(13-14)22(24)25)21-11-3-4-12-21/h1-2,5-7,9,13H,3-4,8,10-12H2,(H,20,23). The molecule has 1 N–H and O–H groups in total.